The third-order valence-electron chi connectivity index (χ3n) is 3.88. The summed E-state index contributed by atoms with van der Waals surface area (Å²) in [4.78, 5) is 4.37. The molecule has 1 heterocycles. The van der Waals surface area contributed by atoms with Crippen LogP contribution in [0, 0.1) is 0 Å². The Labute approximate surface area is 145 Å². The smallest absolute Gasteiger partial charge is 0.127 e. The summed E-state index contributed by atoms with van der Waals surface area (Å²) in [6, 6.07) is 25.2. The number of rotatable bonds is 4. The molecule has 0 radical (unpaired) electrons. The molecule has 0 atom stereocenters. The molecule has 0 aliphatic heterocycles. The van der Waals surface area contributed by atoms with E-state index in [1.54, 1.807) is 6.20 Å². The van der Waals surface area contributed by atoms with E-state index in [-0.39, 0.29) is 0 Å². The summed E-state index contributed by atoms with van der Waals surface area (Å²) in [5.41, 5.74) is 9.47. The molecule has 0 amide bonds. The van der Waals surface area contributed by atoms with Crippen molar-refractivity contribution in [2.24, 2.45) is 0 Å². The number of nitrogen functional groups attached to an aromatic ring is 1. The molecule has 0 saturated carbocycles. The van der Waals surface area contributed by atoms with E-state index in [0.29, 0.717) is 0 Å². The Balaban J connectivity index is 1.56. The lowest BCUT2D eigenvalue weighted by Crippen LogP contribution is -1.94. The van der Waals surface area contributed by atoms with Gasteiger partial charge in [0.05, 0.1) is 5.52 Å². The molecule has 0 fully saturated rings. The minimum absolute atomic E-state index is 0.718. The number of anilines is 3. The van der Waals surface area contributed by atoms with Crippen LogP contribution in [0.2, 0.25) is 0 Å². The van der Waals surface area contributed by atoms with Crippen molar-refractivity contribution in [1.82, 2.24) is 4.98 Å². The molecular weight excluding hydrogens is 310 g/mol. The molecule has 0 bridgehead atoms. The van der Waals surface area contributed by atoms with E-state index in [1.165, 1.54) is 0 Å². The number of hydrogen-bond donors (Lipinski definition) is 2. The van der Waals surface area contributed by atoms with Crippen molar-refractivity contribution in [2.45, 2.75) is 0 Å². The summed E-state index contributed by atoms with van der Waals surface area (Å²) >= 11 is 0. The van der Waals surface area contributed by atoms with Gasteiger partial charge in [-0.25, -0.2) is 0 Å². The van der Waals surface area contributed by atoms with E-state index >= 15 is 0 Å². The average molecular weight is 327 g/mol. The van der Waals surface area contributed by atoms with Gasteiger partial charge in [0.2, 0.25) is 0 Å². The predicted molar refractivity (Wildman–Crippen MR) is 102 cm³/mol. The van der Waals surface area contributed by atoms with Crippen LogP contribution in [0.1, 0.15) is 0 Å². The highest BCUT2D eigenvalue weighted by Gasteiger charge is 2.04. The van der Waals surface area contributed by atoms with Gasteiger partial charge < -0.3 is 15.8 Å². The second-order valence-corrected chi connectivity index (χ2v) is 5.70. The summed E-state index contributed by atoms with van der Waals surface area (Å²) in [6.45, 7) is 0. The van der Waals surface area contributed by atoms with Crippen LogP contribution in [0.25, 0.3) is 10.9 Å². The van der Waals surface area contributed by atoms with Gasteiger partial charge in [0.25, 0.3) is 0 Å². The number of aromatic nitrogens is 1. The molecular formula is C21H17N3O. The van der Waals surface area contributed by atoms with Gasteiger partial charge in [-0.05, 0) is 60.7 Å². The number of fused-ring (bicyclic) bond motifs is 1. The highest BCUT2D eigenvalue weighted by molar-refractivity contribution is 5.94. The van der Waals surface area contributed by atoms with Crippen molar-refractivity contribution in [3.8, 4) is 11.5 Å². The Morgan fingerprint density at radius 1 is 0.800 bits per heavy atom. The zero-order valence-electron chi connectivity index (χ0n) is 13.5. The maximum atomic E-state index is 5.91. The maximum Gasteiger partial charge on any atom is 0.127 e. The minimum atomic E-state index is 0.718. The van der Waals surface area contributed by atoms with Crippen LogP contribution in [0.3, 0.4) is 0 Å². The first kappa shape index (κ1) is 15.0. The Bertz CT molecular complexity index is 998. The van der Waals surface area contributed by atoms with Gasteiger partial charge in [0, 0.05) is 28.6 Å². The quantitative estimate of drug-likeness (QED) is 0.496. The summed E-state index contributed by atoms with van der Waals surface area (Å²) in [5.74, 6) is 1.61. The standard InChI is InChI=1S/C21H17N3O/c22-15-6-11-20-19(14-15)21(12-13-23-20)24-16-7-9-18(10-8-16)25-17-4-2-1-3-5-17/h1-14H,22H2,(H,23,24). The van der Waals surface area contributed by atoms with Gasteiger partial charge in [-0.2, -0.15) is 0 Å². The van der Waals surface area contributed by atoms with Gasteiger partial charge in [-0.3, -0.25) is 4.98 Å². The molecule has 122 valence electrons. The molecule has 4 rings (SSSR count). The summed E-state index contributed by atoms with van der Waals surface area (Å²) < 4.78 is 5.82. The van der Waals surface area contributed by atoms with Crippen LogP contribution in [0.15, 0.2) is 85.1 Å². The molecule has 0 spiro atoms. The lowest BCUT2D eigenvalue weighted by Gasteiger charge is -2.11. The Hall–Kier alpha value is -3.53. The van der Waals surface area contributed by atoms with E-state index in [4.69, 9.17) is 10.5 Å². The number of hydrogen-bond acceptors (Lipinski definition) is 4. The van der Waals surface area contributed by atoms with Crippen LogP contribution < -0.4 is 15.8 Å². The third kappa shape index (κ3) is 3.38. The molecule has 4 aromatic rings. The largest absolute Gasteiger partial charge is 0.457 e. The van der Waals surface area contributed by atoms with E-state index in [2.05, 4.69) is 10.3 Å². The number of benzene rings is 3. The first-order chi connectivity index (χ1) is 12.3. The molecule has 0 aliphatic rings. The van der Waals surface area contributed by atoms with Gasteiger partial charge >= 0.3 is 0 Å². The number of pyridine rings is 1. The summed E-state index contributed by atoms with van der Waals surface area (Å²) in [7, 11) is 0. The number of para-hydroxylation sites is 1. The van der Waals surface area contributed by atoms with Crippen LogP contribution >= 0.6 is 0 Å². The molecule has 4 heteroatoms. The van der Waals surface area contributed by atoms with Crippen LogP contribution in [0.4, 0.5) is 17.1 Å². The average Bonchev–Trinajstić information content (AvgIpc) is 2.65. The maximum absolute atomic E-state index is 5.91. The third-order valence-corrected chi connectivity index (χ3v) is 3.88. The van der Waals surface area contributed by atoms with E-state index < -0.39 is 0 Å². The Morgan fingerprint density at radius 3 is 2.36 bits per heavy atom. The number of nitrogens with one attached hydrogen (secondary N) is 1. The van der Waals surface area contributed by atoms with Crippen molar-refractivity contribution in [3.05, 3.63) is 85.1 Å². The molecule has 0 saturated heterocycles. The van der Waals surface area contributed by atoms with Crippen LogP contribution in [-0.2, 0) is 0 Å². The molecule has 3 aromatic carbocycles. The number of ether oxygens (including phenoxy) is 1. The molecule has 1 aromatic heterocycles. The number of nitrogens with two attached hydrogens (primary N) is 1. The van der Waals surface area contributed by atoms with E-state index in [9.17, 15) is 0 Å². The van der Waals surface area contributed by atoms with E-state index in [1.807, 2.05) is 78.9 Å². The number of nitrogens with zero attached hydrogens (tertiary/aromatic N) is 1. The highest BCUT2D eigenvalue weighted by atomic mass is 16.5. The zero-order chi connectivity index (χ0) is 17.1. The fraction of sp³-hybridized carbons (Fsp3) is 0. The van der Waals surface area contributed by atoms with Crippen molar-refractivity contribution in [2.75, 3.05) is 11.1 Å². The van der Waals surface area contributed by atoms with Crippen molar-refractivity contribution >= 4 is 28.0 Å². The lowest BCUT2D eigenvalue weighted by molar-refractivity contribution is 0.483. The van der Waals surface area contributed by atoms with Gasteiger partial charge in [-0.1, -0.05) is 18.2 Å². The van der Waals surface area contributed by atoms with Gasteiger partial charge in [0.15, 0.2) is 0 Å². The Kier molecular flexibility index (Phi) is 3.92. The summed E-state index contributed by atoms with van der Waals surface area (Å²) in [5, 5.41) is 4.41. The van der Waals surface area contributed by atoms with E-state index in [0.717, 1.165) is 39.5 Å². The van der Waals surface area contributed by atoms with Gasteiger partial charge in [0.1, 0.15) is 11.5 Å². The zero-order valence-corrected chi connectivity index (χ0v) is 13.5. The first-order valence-electron chi connectivity index (χ1n) is 8.02. The van der Waals surface area contributed by atoms with Crippen molar-refractivity contribution in [1.29, 1.82) is 0 Å². The normalized spacial score (nSPS) is 10.6. The fourth-order valence-corrected chi connectivity index (χ4v) is 2.66. The molecule has 3 N–H and O–H groups in total. The topological polar surface area (TPSA) is 60.2 Å². The monoisotopic (exact) mass is 327 g/mol. The molecule has 25 heavy (non-hydrogen) atoms. The van der Waals surface area contributed by atoms with Crippen LogP contribution in [-0.4, -0.2) is 4.98 Å². The van der Waals surface area contributed by atoms with Crippen LogP contribution in [0.5, 0.6) is 11.5 Å². The fourth-order valence-electron chi connectivity index (χ4n) is 2.66. The molecule has 0 aliphatic carbocycles. The van der Waals surface area contributed by atoms with Gasteiger partial charge in [-0.15, -0.1) is 0 Å². The second-order valence-electron chi connectivity index (χ2n) is 5.70. The van der Waals surface area contributed by atoms with Crippen molar-refractivity contribution in [3.63, 3.8) is 0 Å². The summed E-state index contributed by atoms with van der Waals surface area (Å²) in [6.07, 6.45) is 1.79. The Morgan fingerprint density at radius 2 is 1.56 bits per heavy atom. The highest BCUT2D eigenvalue weighted by Crippen LogP contribution is 2.28. The SMILES string of the molecule is Nc1ccc2nccc(Nc3ccc(Oc4ccccc4)cc3)c2c1. The molecule has 0 unspecified atom stereocenters. The lowest BCUT2D eigenvalue weighted by atomic mass is 10.1. The minimum Gasteiger partial charge on any atom is -0.457 e. The second kappa shape index (κ2) is 6.53. The predicted octanol–water partition coefficient (Wildman–Crippen LogP) is 5.35. The molecule has 4 nitrogen and oxygen atoms in total. The van der Waals surface area contributed by atoms with Crippen molar-refractivity contribution < 1.29 is 4.74 Å². The first-order valence-corrected chi connectivity index (χ1v) is 8.02.